The molecular weight excluding hydrogens is 390 g/mol. The quantitative estimate of drug-likeness (QED) is 0.497. The molecule has 3 aromatic rings. The van der Waals surface area contributed by atoms with Crippen molar-refractivity contribution in [3.63, 3.8) is 0 Å². The summed E-state index contributed by atoms with van der Waals surface area (Å²) in [6.45, 7) is 4.10. The van der Waals surface area contributed by atoms with Crippen molar-refractivity contribution in [1.29, 1.82) is 0 Å². The van der Waals surface area contributed by atoms with E-state index in [1.165, 1.54) is 0 Å². The van der Waals surface area contributed by atoms with Gasteiger partial charge in [0, 0.05) is 10.9 Å². The van der Waals surface area contributed by atoms with E-state index in [4.69, 9.17) is 4.74 Å². The van der Waals surface area contributed by atoms with Crippen LogP contribution in [0.2, 0.25) is 0 Å². The number of nitrogens with zero attached hydrogens (tertiary/aromatic N) is 1. The molecule has 156 valence electrons. The molecule has 1 aliphatic carbocycles. The van der Waals surface area contributed by atoms with Gasteiger partial charge in [0.05, 0.1) is 11.4 Å². The number of allylic oxidation sites excluding steroid dienone is 4. The number of para-hydroxylation sites is 1. The van der Waals surface area contributed by atoms with Crippen molar-refractivity contribution in [3.8, 4) is 11.1 Å². The minimum atomic E-state index is -0.782. The van der Waals surface area contributed by atoms with Crippen LogP contribution in [0, 0.1) is 18.0 Å². The van der Waals surface area contributed by atoms with Crippen LogP contribution in [0.5, 0.6) is 0 Å². The molecule has 0 radical (unpaired) electrons. The van der Waals surface area contributed by atoms with Crippen molar-refractivity contribution in [2.75, 3.05) is 6.61 Å². The Kier molecular flexibility index (Phi) is 4.62. The SMILES string of the molecule is Cc1ccccc1-c1cccc2cc(C(=O)NC3COC4=CC=CC(C)C4=[N+]3[O-])[nH]c12. The molecule has 6 nitrogen and oxygen atoms in total. The van der Waals surface area contributed by atoms with E-state index in [1.807, 2.05) is 55.5 Å². The van der Waals surface area contributed by atoms with E-state index < -0.39 is 6.17 Å². The Morgan fingerprint density at radius 2 is 2.00 bits per heavy atom. The molecule has 0 saturated heterocycles. The van der Waals surface area contributed by atoms with Crippen LogP contribution in [0.25, 0.3) is 22.0 Å². The van der Waals surface area contributed by atoms with Gasteiger partial charge in [0.25, 0.3) is 12.1 Å². The Morgan fingerprint density at radius 3 is 2.84 bits per heavy atom. The van der Waals surface area contributed by atoms with Gasteiger partial charge in [-0.25, -0.2) is 0 Å². The normalized spacial score (nSPS) is 20.3. The van der Waals surface area contributed by atoms with E-state index in [1.54, 1.807) is 6.08 Å². The van der Waals surface area contributed by atoms with Gasteiger partial charge < -0.3 is 14.9 Å². The monoisotopic (exact) mass is 413 g/mol. The number of ether oxygens (including phenoxy) is 1. The molecule has 0 bridgehead atoms. The van der Waals surface area contributed by atoms with Gasteiger partial charge in [-0.05, 0) is 37.1 Å². The fourth-order valence-electron chi connectivity index (χ4n) is 4.25. The average Bonchev–Trinajstić information content (AvgIpc) is 3.21. The lowest BCUT2D eigenvalue weighted by Crippen LogP contribution is -2.51. The van der Waals surface area contributed by atoms with Crippen molar-refractivity contribution in [2.24, 2.45) is 5.92 Å². The molecule has 31 heavy (non-hydrogen) atoms. The van der Waals surface area contributed by atoms with Gasteiger partial charge in [-0.2, -0.15) is 4.74 Å². The number of carbonyl (C=O) groups is 1. The van der Waals surface area contributed by atoms with Crippen molar-refractivity contribution in [3.05, 3.63) is 89.0 Å². The topological polar surface area (TPSA) is 80.2 Å². The van der Waals surface area contributed by atoms with Gasteiger partial charge in [0.15, 0.2) is 12.4 Å². The van der Waals surface area contributed by atoms with Crippen LogP contribution in [-0.2, 0) is 4.74 Å². The number of nitrogens with one attached hydrogen (secondary N) is 2. The van der Waals surface area contributed by atoms with Crippen molar-refractivity contribution < 1.29 is 14.3 Å². The zero-order valence-electron chi connectivity index (χ0n) is 17.4. The zero-order valence-corrected chi connectivity index (χ0v) is 17.4. The summed E-state index contributed by atoms with van der Waals surface area (Å²) in [6, 6.07) is 16.0. The predicted octanol–water partition coefficient (Wildman–Crippen LogP) is 4.27. The number of carbonyl (C=O) groups excluding carboxylic acids is 1. The minimum absolute atomic E-state index is 0.0676. The fourth-order valence-corrected chi connectivity index (χ4v) is 4.25. The second-order valence-corrected chi connectivity index (χ2v) is 7.98. The van der Waals surface area contributed by atoms with E-state index >= 15 is 0 Å². The number of fused-ring (bicyclic) bond motifs is 2. The number of H-pyrrole nitrogens is 1. The first kappa shape index (κ1) is 19.2. The third-order valence-electron chi connectivity index (χ3n) is 5.88. The highest BCUT2D eigenvalue weighted by molar-refractivity contribution is 6.03. The molecule has 2 aliphatic rings. The van der Waals surface area contributed by atoms with E-state index in [0.717, 1.165) is 32.3 Å². The van der Waals surface area contributed by atoms with E-state index in [-0.39, 0.29) is 18.4 Å². The largest absolute Gasteiger partial charge is 0.622 e. The van der Waals surface area contributed by atoms with Gasteiger partial charge in [0.1, 0.15) is 5.69 Å². The lowest BCUT2D eigenvalue weighted by molar-refractivity contribution is -0.518. The second kappa shape index (κ2) is 7.47. The van der Waals surface area contributed by atoms with Gasteiger partial charge >= 0.3 is 0 Å². The molecular formula is C25H23N3O3. The average molecular weight is 413 g/mol. The number of hydrogen-bond donors (Lipinski definition) is 2. The number of aromatic amines is 1. The molecule has 0 spiro atoms. The van der Waals surface area contributed by atoms with Gasteiger partial charge in [0.2, 0.25) is 5.71 Å². The summed E-state index contributed by atoms with van der Waals surface area (Å²) in [6.07, 6.45) is 4.81. The number of benzene rings is 2. The first-order valence-corrected chi connectivity index (χ1v) is 10.4. The molecule has 1 aromatic heterocycles. The molecule has 1 aliphatic heterocycles. The van der Waals surface area contributed by atoms with Crippen LogP contribution in [0.15, 0.2) is 72.5 Å². The maximum Gasteiger partial charge on any atom is 0.273 e. The third-order valence-corrected chi connectivity index (χ3v) is 5.88. The lowest BCUT2D eigenvalue weighted by atomic mass is 9.98. The molecule has 5 rings (SSSR count). The fraction of sp³-hybridized carbons (Fsp3) is 0.200. The Hall–Kier alpha value is -3.80. The highest BCUT2D eigenvalue weighted by atomic mass is 16.5. The van der Waals surface area contributed by atoms with Crippen LogP contribution in [0.3, 0.4) is 0 Å². The van der Waals surface area contributed by atoms with E-state index in [2.05, 4.69) is 29.4 Å². The molecule has 2 heterocycles. The minimum Gasteiger partial charge on any atom is -0.622 e. The van der Waals surface area contributed by atoms with Crippen LogP contribution in [0.4, 0.5) is 0 Å². The molecule has 6 heteroatoms. The standard InChI is InChI=1S/C25H23N3O3/c1-15-7-3-4-10-18(15)19-11-6-9-17-13-20(26-23(17)19)25(29)27-22-14-31-21-12-5-8-16(2)24(21)28(22)30/h3-13,16,22,26H,14H2,1-2H3,(H,27,29). The van der Waals surface area contributed by atoms with Crippen LogP contribution in [0.1, 0.15) is 23.0 Å². The first-order chi connectivity index (χ1) is 15.0. The maximum atomic E-state index is 13.0. The molecule has 2 aromatic carbocycles. The molecule has 0 fully saturated rings. The van der Waals surface area contributed by atoms with Crippen molar-refractivity contribution in [2.45, 2.75) is 20.0 Å². The second-order valence-electron chi connectivity index (χ2n) is 7.98. The number of amides is 1. The molecule has 1 amide bonds. The number of rotatable bonds is 3. The van der Waals surface area contributed by atoms with E-state index in [9.17, 15) is 10.0 Å². The van der Waals surface area contributed by atoms with Crippen LogP contribution < -0.4 is 5.32 Å². The van der Waals surface area contributed by atoms with Gasteiger partial charge in [-0.1, -0.05) is 54.6 Å². The Bertz CT molecular complexity index is 1280. The first-order valence-electron chi connectivity index (χ1n) is 10.4. The smallest absolute Gasteiger partial charge is 0.273 e. The van der Waals surface area contributed by atoms with Gasteiger partial charge in [-0.3, -0.25) is 10.1 Å². The molecule has 2 N–H and O–H groups in total. The number of hydrogen-bond acceptors (Lipinski definition) is 3. The Labute approximate surface area is 180 Å². The summed E-state index contributed by atoms with van der Waals surface area (Å²) in [5.41, 5.74) is 5.16. The summed E-state index contributed by atoms with van der Waals surface area (Å²) in [7, 11) is 0. The zero-order chi connectivity index (χ0) is 21.5. The summed E-state index contributed by atoms with van der Waals surface area (Å²) in [5, 5.41) is 16.6. The highest BCUT2D eigenvalue weighted by Gasteiger charge is 2.36. The highest BCUT2D eigenvalue weighted by Crippen LogP contribution is 2.31. The van der Waals surface area contributed by atoms with Crippen LogP contribution in [-0.4, -0.2) is 34.1 Å². The van der Waals surface area contributed by atoms with Gasteiger partial charge in [-0.15, -0.1) is 0 Å². The summed E-state index contributed by atoms with van der Waals surface area (Å²) >= 11 is 0. The maximum absolute atomic E-state index is 13.0. The number of hydroxylamine groups is 1. The molecule has 2 atom stereocenters. The molecule has 0 saturated carbocycles. The summed E-state index contributed by atoms with van der Waals surface area (Å²) < 4.78 is 6.59. The van der Waals surface area contributed by atoms with E-state index in [0.29, 0.717) is 17.2 Å². The Morgan fingerprint density at radius 1 is 1.19 bits per heavy atom. The van der Waals surface area contributed by atoms with Crippen molar-refractivity contribution >= 4 is 22.5 Å². The number of aryl methyl sites for hydroxylation is 1. The number of aromatic nitrogens is 1. The lowest BCUT2D eigenvalue weighted by Gasteiger charge is -2.29. The predicted molar refractivity (Wildman–Crippen MR) is 121 cm³/mol. The van der Waals surface area contributed by atoms with Crippen molar-refractivity contribution in [1.82, 2.24) is 10.3 Å². The third kappa shape index (κ3) is 3.30. The molecule has 2 unspecified atom stereocenters. The van der Waals surface area contributed by atoms with Crippen LogP contribution >= 0.6 is 0 Å². The summed E-state index contributed by atoms with van der Waals surface area (Å²) in [4.78, 5) is 16.2. The Balaban J connectivity index is 1.46. The summed E-state index contributed by atoms with van der Waals surface area (Å²) in [5.74, 6) is 0.166.